The molecule has 2 saturated heterocycles. The molecule has 3 atom stereocenters. The Bertz CT molecular complexity index is 404. The molecule has 2 aliphatic rings. The molecule has 0 saturated carbocycles. The number of rotatable bonds is 3. The third-order valence-electron chi connectivity index (χ3n) is 3.62. The molecule has 0 aliphatic carbocycles. The second-order valence-corrected chi connectivity index (χ2v) is 4.91. The van der Waals surface area contributed by atoms with Crippen LogP contribution in [0, 0.1) is 5.82 Å². The van der Waals surface area contributed by atoms with Gasteiger partial charge in [0.1, 0.15) is 11.6 Å². The fraction of sp³-hybridized carbons (Fsp3) is 0.538. The minimum atomic E-state index is -0.397. The fourth-order valence-corrected chi connectivity index (χ4v) is 2.84. The number of benzene rings is 1. The Labute approximate surface area is 99.6 Å². The molecule has 4 heteroatoms. The molecule has 2 bridgehead atoms. The lowest BCUT2D eigenvalue weighted by Gasteiger charge is -2.20. The van der Waals surface area contributed by atoms with Crippen molar-refractivity contribution < 1.29 is 14.2 Å². The Morgan fingerprint density at radius 1 is 1.35 bits per heavy atom. The average molecular weight is 237 g/mol. The van der Waals surface area contributed by atoms with Gasteiger partial charge in [0.25, 0.3) is 0 Å². The van der Waals surface area contributed by atoms with Gasteiger partial charge in [0.05, 0.1) is 12.2 Å². The highest BCUT2D eigenvalue weighted by Gasteiger charge is 2.40. The Balaban J connectivity index is 1.60. The van der Waals surface area contributed by atoms with Crippen LogP contribution in [0.15, 0.2) is 18.2 Å². The number of hydrogen-bond donors (Lipinski definition) is 2. The molecule has 1 aromatic rings. The van der Waals surface area contributed by atoms with Crippen LogP contribution in [0.5, 0.6) is 5.75 Å². The summed E-state index contributed by atoms with van der Waals surface area (Å²) in [5, 5.41) is 12.7. The fourth-order valence-electron chi connectivity index (χ4n) is 2.84. The van der Waals surface area contributed by atoms with Gasteiger partial charge in [0.2, 0.25) is 0 Å². The van der Waals surface area contributed by atoms with Crippen molar-refractivity contribution in [3.05, 3.63) is 29.6 Å². The maximum atomic E-state index is 13.1. The van der Waals surface area contributed by atoms with Gasteiger partial charge in [0.15, 0.2) is 0 Å². The summed E-state index contributed by atoms with van der Waals surface area (Å²) >= 11 is 0. The molecule has 2 fully saturated rings. The summed E-state index contributed by atoms with van der Waals surface area (Å²) in [6.07, 6.45) is 4.08. The van der Waals surface area contributed by atoms with E-state index in [1.165, 1.54) is 12.5 Å². The maximum Gasteiger partial charge on any atom is 0.127 e. The lowest BCUT2D eigenvalue weighted by atomic mass is 9.95. The van der Waals surface area contributed by atoms with Crippen molar-refractivity contribution in [3.8, 4) is 5.75 Å². The first-order valence-corrected chi connectivity index (χ1v) is 6.08. The second kappa shape index (κ2) is 4.27. The molecule has 2 N–H and O–H groups in total. The van der Waals surface area contributed by atoms with E-state index in [1.807, 2.05) is 0 Å². The van der Waals surface area contributed by atoms with Crippen LogP contribution in [0.1, 0.15) is 24.8 Å². The third kappa shape index (κ3) is 2.28. The van der Waals surface area contributed by atoms with Crippen molar-refractivity contribution in [1.82, 2.24) is 5.32 Å². The molecule has 3 unspecified atom stereocenters. The molecule has 3 rings (SSSR count). The predicted molar refractivity (Wildman–Crippen MR) is 61.2 cm³/mol. The van der Waals surface area contributed by atoms with Gasteiger partial charge < -0.3 is 15.2 Å². The van der Waals surface area contributed by atoms with Crippen molar-refractivity contribution >= 4 is 0 Å². The summed E-state index contributed by atoms with van der Waals surface area (Å²) in [4.78, 5) is 0. The molecular weight excluding hydrogens is 221 g/mol. The summed E-state index contributed by atoms with van der Waals surface area (Å²) in [7, 11) is 0. The van der Waals surface area contributed by atoms with Gasteiger partial charge in [-0.25, -0.2) is 4.39 Å². The molecule has 2 heterocycles. The van der Waals surface area contributed by atoms with Crippen molar-refractivity contribution in [2.45, 2.75) is 44.1 Å². The van der Waals surface area contributed by atoms with Crippen molar-refractivity contribution in [1.29, 1.82) is 0 Å². The van der Waals surface area contributed by atoms with E-state index in [9.17, 15) is 9.50 Å². The van der Waals surface area contributed by atoms with E-state index in [1.54, 1.807) is 6.07 Å². The Morgan fingerprint density at radius 3 is 2.88 bits per heavy atom. The summed E-state index contributed by atoms with van der Waals surface area (Å²) in [6, 6.07) is 4.52. The molecule has 17 heavy (non-hydrogen) atoms. The minimum Gasteiger partial charge on any atom is -0.508 e. The van der Waals surface area contributed by atoms with E-state index in [0.29, 0.717) is 24.8 Å². The van der Waals surface area contributed by atoms with Gasteiger partial charge in [0, 0.05) is 18.7 Å². The monoisotopic (exact) mass is 237 g/mol. The van der Waals surface area contributed by atoms with Crippen LogP contribution in [0.25, 0.3) is 0 Å². The number of halogens is 1. The van der Waals surface area contributed by atoms with Gasteiger partial charge >= 0.3 is 0 Å². The van der Waals surface area contributed by atoms with E-state index in [4.69, 9.17) is 4.74 Å². The number of phenols is 1. The molecule has 1 aromatic carbocycles. The summed E-state index contributed by atoms with van der Waals surface area (Å²) < 4.78 is 18.8. The number of hydrogen-bond acceptors (Lipinski definition) is 3. The number of nitrogens with one attached hydrogen (secondary N) is 1. The van der Waals surface area contributed by atoms with Crippen LogP contribution in [0.3, 0.4) is 0 Å². The molecule has 0 amide bonds. The van der Waals surface area contributed by atoms with E-state index in [0.717, 1.165) is 24.5 Å². The standard InChI is InChI=1S/C13H16FNO2/c14-9-3-8(4-10(16)5-9)7-15-12-6-11-1-2-13(12)17-11/h3-5,11-13,15-16H,1-2,6-7H2. The van der Waals surface area contributed by atoms with Crippen molar-refractivity contribution in [2.75, 3.05) is 0 Å². The Morgan fingerprint density at radius 2 is 2.24 bits per heavy atom. The van der Waals surface area contributed by atoms with Gasteiger partial charge in [-0.2, -0.15) is 0 Å². The largest absolute Gasteiger partial charge is 0.508 e. The highest BCUT2D eigenvalue weighted by Crippen LogP contribution is 2.34. The average Bonchev–Trinajstić information content (AvgIpc) is 2.86. The van der Waals surface area contributed by atoms with Crippen molar-refractivity contribution in [2.24, 2.45) is 0 Å². The maximum absolute atomic E-state index is 13.1. The first kappa shape index (κ1) is 11.0. The number of phenolic OH excluding ortho intramolecular Hbond substituents is 1. The number of aromatic hydroxyl groups is 1. The van der Waals surface area contributed by atoms with Crippen LogP contribution in [-0.4, -0.2) is 23.4 Å². The summed E-state index contributed by atoms with van der Waals surface area (Å²) in [6.45, 7) is 0.572. The molecule has 3 nitrogen and oxygen atoms in total. The van der Waals surface area contributed by atoms with Gasteiger partial charge in [-0.1, -0.05) is 0 Å². The van der Waals surface area contributed by atoms with Gasteiger partial charge in [-0.15, -0.1) is 0 Å². The lowest BCUT2D eigenvalue weighted by molar-refractivity contribution is 0.0973. The third-order valence-corrected chi connectivity index (χ3v) is 3.62. The van der Waals surface area contributed by atoms with Crippen LogP contribution < -0.4 is 5.32 Å². The van der Waals surface area contributed by atoms with Crippen LogP contribution >= 0.6 is 0 Å². The minimum absolute atomic E-state index is 0.0222. The highest BCUT2D eigenvalue weighted by molar-refractivity contribution is 5.28. The first-order valence-electron chi connectivity index (χ1n) is 6.08. The zero-order valence-corrected chi connectivity index (χ0v) is 9.53. The van der Waals surface area contributed by atoms with E-state index in [2.05, 4.69) is 5.32 Å². The molecule has 2 aliphatic heterocycles. The van der Waals surface area contributed by atoms with Crippen LogP contribution in [0.4, 0.5) is 4.39 Å². The number of fused-ring (bicyclic) bond motifs is 2. The Hall–Kier alpha value is -1.13. The number of ether oxygens (including phenoxy) is 1. The molecule has 0 radical (unpaired) electrons. The lowest BCUT2D eigenvalue weighted by Crippen LogP contribution is -2.36. The molecule has 92 valence electrons. The Kier molecular flexibility index (Phi) is 2.76. The first-order chi connectivity index (χ1) is 8.20. The topological polar surface area (TPSA) is 41.5 Å². The zero-order chi connectivity index (χ0) is 11.8. The van der Waals surface area contributed by atoms with Crippen molar-refractivity contribution in [3.63, 3.8) is 0 Å². The van der Waals surface area contributed by atoms with Crippen LogP contribution in [0.2, 0.25) is 0 Å². The SMILES string of the molecule is Oc1cc(F)cc(CNC2CC3CCC2O3)c1. The normalized spacial score (nSPS) is 31.0. The van der Waals surface area contributed by atoms with Crippen LogP contribution in [-0.2, 0) is 11.3 Å². The van der Waals surface area contributed by atoms with E-state index < -0.39 is 5.82 Å². The quantitative estimate of drug-likeness (QED) is 0.844. The second-order valence-electron chi connectivity index (χ2n) is 4.91. The molecule has 0 spiro atoms. The molecule has 0 aromatic heterocycles. The summed E-state index contributed by atoms with van der Waals surface area (Å²) in [5.41, 5.74) is 0.769. The predicted octanol–water partition coefficient (Wildman–Crippen LogP) is 1.94. The van der Waals surface area contributed by atoms with Gasteiger partial charge in [-0.05, 0) is 37.0 Å². The highest BCUT2D eigenvalue weighted by atomic mass is 19.1. The van der Waals surface area contributed by atoms with Gasteiger partial charge in [-0.3, -0.25) is 0 Å². The molecular formula is C13H16FNO2. The smallest absolute Gasteiger partial charge is 0.127 e. The zero-order valence-electron chi connectivity index (χ0n) is 9.53. The summed E-state index contributed by atoms with van der Waals surface area (Å²) in [5.74, 6) is -0.419. The van der Waals surface area contributed by atoms with E-state index >= 15 is 0 Å². The van der Waals surface area contributed by atoms with E-state index in [-0.39, 0.29) is 5.75 Å².